The van der Waals surface area contributed by atoms with Crippen LogP contribution in [0.3, 0.4) is 0 Å². The van der Waals surface area contributed by atoms with E-state index in [1.165, 1.54) is 23.7 Å². The van der Waals surface area contributed by atoms with E-state index in [0.29, 0.717) is 27.7 Å². The van der Waals surface area contributed by atoms with Crippen LogP contribution in [0.2, 0.25) is 0 Å². The first kappa shape index (κ1) is 23.1. The summed E-state index contributed by atoms with van der Waals surface area (Å²) in [4.78, 5) is 31.1. The van der Waals surface area contributed by atoms with Gasteiger partial charge < -0.3 is 10.0 Å². The van der Waals surface area contributed by atoms with Crippen molar-refractivity contribution < 1.29 is 9.90 Å². The van der Waals surface area contributed by atoms with Gasteiger partial charge in [0.25, 0.3) is 0 Å². The SMILES string of the molecule is CCc1nc2ccc(-c3cnc(C(=O)O)nc3)cn2c1N(C)c1nc(-c2ccc(C)cc2)c(C#N)s1. The van der Waals surface area contributed by atoms with E-state index in [9.17, 15) is 10.1 Å². The second kappa shape index (κ2) is 9.20. The number of benzene rings is 1. The molecular weight excluding hydrogens is 474 g/mol. The van der Waals surface area contributed by atoms with E-state index in [1.54, 1.807) is 0 Å². The molecule has 0 aliphatic rings. The molecule has 0 saturated heterocycles. The highest BCUT2D eigenvalue weighted by molar-refractivity contribution is 7.16. The topological polar surface area (TPSA) is 120 Å². The van der Waals surface area contributed by atoms with Gasteiger partial charge in [0.05, 0.1) is 5.69 Å². The minimum Gasteiger partial charge on any atom is -0.475 e. The number of carboxylic acid groups (broad SMARTS) is 1. The first-order valence-electron chi connectivity index (χ1n) is 11.2. The molecule has 0 amide bonds. The third-order valence-corrected chi connectivity index (χ3v) is 6.86. The van der Waals surface area contributed by atoms with Crippen LogP contribution in [0.25, 0.3) is 28.0 Å². The van der Waals surface area contributed by atoms with Gasteiger partial charge >= 0.3 is 5.97 Å². The predicted molar refractivity (Wildman–Crippen MR) is 138 cm³/mol. The summed E-state index contributed by atoms with van der Waals surface area (Å²) in [5, 5.41) is 19.5. The summed E-state index contributed by atoms with van der Waals surface area (Å²) in [7, 11) is 1.92. The lowest BCUT2D eigenvalue weighted by atomic mass is 10.1. The van der Waals surface area contributed by atoms with Gasteiger partial charge in [-0.3, -0.25) is 4.40 Å². The van der Waals surface area contributed by atoms with E-state index in [4.69, 9.17) is 15.1 Å². The van der Waals surface area contributed by atoms with Crippen LogP contribution in [0.15, 0.2) is 55.0 Å². The molecule has 4 heterocycles. The Hall–Kier alpha value is -4.62. The zero-order chi connectivity index (χ0) is 25.4. The lowest BCUT2D eigenvalue weighted by Gasteiger charge is -2.17. The Kier molecular flexibility index (Phi) is 5.91. The van der Waals surface area contributed by atoms with Crippen molar-refractivity contribution in [3.8, 4) is 28.5 Å². The van der Waals surface area contributed by atoms with Crippen LogP contribution in [0.1, 0.15) is 33.7 Å². The average molecular weight is 496 g/mol. The smallest absolute Gasteiger partial charge is 0.373 e. The molecule has 0 atom stereocenters. The molecule has 0 unspecified atom stereocenters. The highest BCUT2D eigenvalue weighted by Crippen LogP contribution is 2.37. The molecule has 0 saturated carbocycles. The number of aryl methyl sites for hydroxylation is 2. The fourth-order valence-electron chi connectivity index (χ4n) is 3.96. The molecule has 36 heavy (non-hydrogen) atoms. The van der Waals surface area contributed by atoms with Crippen molar-refractivity contribution in [2.75, 3.05) is 11.9 Å². The lowest BCUT2D eigenvalue weighted by molar-refractivity contribution is 0.0683. The number of fused-ring (bicyclic) bond motifs is 1. The maximum Gasteiger partial charge on any atom is 0.373 e. The monoisotopic (exact) mass is 495 g/mol. The minimum absolute atomic E-state index is 0.252. The molecule has 5 aromatic rings. The molecule has 0 bridgehead atoms. The third kappa shape index (κ3) is 4.06. The van der Waals surface area contributed by atoms with Crippen molar-refractivity contribution in [3.63, 3.8) is 0 Å². The van der Waals surface area contributed by atoms with Crippen molar-refractivity contribution in [1.82, 2.24) is 24.3 Å². The minimum atomic E-state index is -1.17. The first-order valence-corrected chi connectivity index (χ1v) is 12.0. The largest absolute Gasteiger partial charge is 0.475 e. The number of aromatic nitrogens is 5. The van der Waals surface area contributed by atoms with E-state index in [1.807, 2.05) is 72.8 Å². The number of thiazole rings is 1. The Balaban J connectivity index is 1.59. The molecule has 1 aromatic carbocycles. The summed E-state index contributed by atoms with van der Waals surface area (Å²) in [6, 6.07) is 14.1. The fourth-order valence-corrected chi connectivity index (χ4v) is 4.81. The number of carboxylic acids is 1. The summed E-state index contributed by atoms with van der Waals surface area (Å²) in [5.74, 6) is -0.586. The van der Waals surface area contributed by atoms with Gasteiger partial charge in [-0.05, 0) is 25.5 Å². The van der Waals surface area contributed by atoms with Crippen LogP contribution >= 0.6 is 11.3 Å². The Bertz CT molecular complexity index is 1630. The molecular formula is C26H21N7O2S. The highest BCUT2D eigenvalue weighted by Gasteiger charge is 2.22. The molecule has 1 N–H and O–H groups in total. The number of aromatic carboxylic acids is 1. The molecule has 0 aliphatic carbocycles. The second-order valence-electron chi connectivity index (χ2n) is 8.19. The molecule has 5 rings (SSSR count). The quantitative estimate of drug-likeness (QED) is 0.344. The normalized spacial score (nSPS) is 10.9. The Labute approximate surface area is 211 Å². The summed E-state index contributed by atoms with van der Waals surface area (Å²) < 4.78 is 1.97. The zero-order valence-electron chi connectivity index (χ0n) is 19.8. The van der Waals surface area contributed by atoms with Crippen LogP contribution in [0.5, 0.6) is 0 Å². The average Bonchev–Trinajstić information content (AvgIpc) is 3.50. The molecule has 0 fully saturated rings. The maximum absolute atomic E-state index is 11.1. The summed E-state index contributed by atoms with van der Waals surface area (Å²) in [5.41, 5.74) is 5.84. The second-order valence-corrected chi connectivity index (χ2v) is 9.17. The highest BCUT2D eigenvalue weighted by atomic mass is 32.1. The van der Waals surface area contributed by atoms with Crippen molar-refractivity contribution in [2.24, 2.45) is 0 Å². The van der Waals surface area contributed by atoms with Gasteiger partial charge in [0.2, 0.25) is 5.82 Å². The van der Waals surface area contributed by atoms with Crippen LogP contribution < -0.4 is 4.90 Å². The summed E-state index contributed by atoms with van der Waals surface area (Å²) in [6.45, 7) is 4.06. The van der Waals surface area contributed by atoms with Crippen LogP contribution in [0.4, 0.5) is 10.9 Å². The number of carbonyl (C=O) groups is 1. The van der Waals surface area contributed by atoms with Crippen molar-refractivity contribution in [3.05, 3.63) is 76.9 Å². The molecule has 0 aliphatic heterocycles. The van der Waals surface area contributed by atoms with Crippen molar-refractivity contribution >= 4 is 33.9 Å². The molecule has 0 spiro atoms. The zero-order valence-corrected chi connectivity index (χ0v) is 20.6. The van der Waals surface area contributed by atoms with E-state index < -0.39 is 5.97 Å². The van der Waals surface area contributed by atoms with Gasteiger partial charge in [-0.2, -0.15) is 5.26 Å². The van der Waals surface area contributed by atoms with Gasteiger partial charge in [0, 0.05) is 42.3 Å². The summed E-state index contributed by atoms with van der Waals surface area (Å²) >= 11 is 1.33. The summed E-state index contributed by atoms with van der Waals surface area (Å²) in [6.07, 6.45) is 5.61. The number of pyridine rings is 1. The number of nitriles is 1. The predicted octanol–water partition coefficient (Wildman–Crippen LogP) is 5.12. The number of hydrogen-bond donors (Lipinski definition) is 1. The van der Waals surface area contributed by atoms with Gasteiger partial charge in [-0.15, -0.1) is 0 Å². The molecule has 0 radical (unpaired) electrons. The first-order chi connectivity index (χ1) is 17.4. The van der Waals surface area contributed by atoms with Gasteiger partial charge in [-0.1, -0.05) is 48.1 Å². The van der Waals surface area contributed by atoms with Gasteiger partial charge in [-0.25, -0.2) is 24.7 Å². The maximum atomic E-state index is 11.1. The van der Waals surface area contributed by atoms with Gasteiger partial charge in [0.1, 0.15) is 28.1 Å². The number of rotatable bonds is 6. The van der Waals surface area contributed by atoms with E-state index in [-0.39, 0.29) is 5.82 Å². The molecule has 4 aromatic heterocycles. The van der Waals surface area contributed by atoms with Crippen molar-refractivity contribution in [2.45, 2.75) is 20.3 Å². The number of nitrogens with zero attached hydrogens (tertiary/aromatic N) is 7. The standard InChI is InChI=1S/C26H21N7O2S/c1-4-19-24(32(3)26-31-22(20(11-27)36-26)16-7-5-15(2)6-8-16)33-14-17(9-10-21(33)30-19)18-12-28-23(25(34)35)29-13-18/h5-10,12-14H,4H2,1-3H3,(H,34,35). The Morgan fingerprint density at radius 3 is 2.42 bits per heavy atom. The van der Waals surface area contributed by atoms with Crippen LogP contribution in [0, 0.1) is 18.3 Å². The van der Waals surface area contributed by atoms with Crippen LogP contribution in [-0.4, -0.2) is 42.5 Å². The number of hydrogen-bond acceptors (Lipinski definition) is 8. The van der Waals surface area contributed by atoms with Gasteiger partial charge in [0.15, 0.2) is 5.13 Å². The van der Waals surface area contributed by atoms with E-state index in [0.717, 1.165) is 33.8 Å². The molecule has 10 heteroatoms. The number of imidazole rings is 1. The van der Waals surface area contributed by atoms with E-state index in [2.05, 4.69) is 16.0 Å². The fraction of sp³-hybridized carbons (Fsp3) is 0.154. The lowest BCUT2D eigenvalue weighted by Crippen LogP contribution is -2.13. The molecule has 9 nitrogen and oxygen atoms in total. The molecule has 178 valence electrons. The van der Waals surface area contributed by atoms with E-state index >= 15 is 0 Å². The Morgan fingerprint density at radius 2 is 1.78 bits per heavy atom. The number of anilines is 2. The van der Waals surface area contributed by atoms with Crippen molar-refractivity contribution in [1.29, 1.82) is 5.26 Å². The van der Waals surface area contributed by atoms with Crippen LogP contribution in [-0.2, 0) is 6.42 Å². The Morgan fingerprint density at radius 1 is 1.08 bits per heavy atom. The third-order valence-electron chi connectivity index (χ3n) is 5.82.